The van der Waals surface area contributed by atoms with Crippen LogP contribution < -0.4 is 29.4 Å². The topological polar surface area (TPSA) is 230 Å². The minimum atomic E-state index is -5.39. The second-order valence-electron chi connectivity index (χ2n) is 1.37. The Balaban J connectivity index is -0.0000000277. The molecular weight excluding hydrogens is 408 g/mol. The smallest absolute Gasteiger partial charge is 0.822 e. The summed E-state index contributed by atoms with van der Waals surface area (Å²) in [4.78, 5) is 65.2. The molecule has 18 heavy (non-hydrogen) atoms. The zero-order chi connectivity index (χ0) is 13.5. The van der Waals surface area contributed by atoms with Gasteiger partial charge in [0.15, 0.2) is 0 Å². The molecule has 0 unspecified atom stereocenters. The molecule has 96 valence electrons. The van der Waals surface area contributed by atoms with Gasteiger partial charge in [-0.3, -0.25) is 9.79 Å². The second kappa shape index (κ2) is 17.4. The van der Waals surface area contributed by atoms with Gasteiger partial charge >= 0.3 is 121 Å². The molecule has 0 aromatic heterocycles. The van der Waals surface area contributed by atoms with Crippen molar-refractivity contribution in [3.05, 3.63) is 0 Å². The van der Waals surface area contributed by atoms with Crippen molar-refractivity contribution in [2.75, 3.05) is 0 Å². The summed E-state index contributed by atoms with van der Waals surface area (Å²) in [6, 6.07) is 0. The van der Waals surface area contributed by atoms with Gasteiger partial charge in [-0.1, -0.05) is 0 Å². The molecule has 0 aromatic rings. The molecule has 0 aliphatic heterocycles. The average Bonchev–Trinajstić information content (AvgIpc) is 1.41. The van der Waals surface area contributed by atoms with Crippen LogP contribution in [0, 0.1) is 0 Å². The third-order valence-electron chi connectivity index (χ3n) is 0. The molecule has 0 radical (unpaired) electrons. The van der Waals surface area contributed by atoms with E-state index in [9.17, 15) is 4.20 Å². The van der Waals surface area contributed by atoms with E-state index in [1.165, 1.54) is 0 Å². The summed E-state index contributed by atoms with van der Waals surface area (Å²) in [5.74, 6) is 0. The third-order valence-corrected chi connectivity index (χ3v) is 0. The van der Waals surface area contributed by atoms with Gasteiger partial charge in [-0.2, -0.15) is 15.6 Å². The maximum absolute atomic E-state index is 10.4. The quantitative estimate of drug-likeness (QED) is 0.281. The molecule has 11 nitrogen and oxygen atoms in total. The van der Waals surface area contributed by atoms with Crippen LogP contribution in [0.1, 0.15) is 0 Å². The molecule has 0 aliphatic rings. The van der Waals surface area contributed by atoms with Gasteiger partial charge in [0.2, 0.25) is 0 Å². The fourth-order valence-electron chi connectivity index (χ4n) is 0. The van der Waals surface area contributed by atoms with Gasteiger partial charge in [-0.15, -0.1) is 4.20 Å². The van der Waals surface area contributed by atoms with Gasteiger partial charge in [0.25, 0.3) is 0 Å². The molecule has 0 fully saturated rings. The SMILES string of the molecule is O=P(O)(O)F.O=P([O-])([O-])[O-].O=P([O-])([O-])[O-].[Ca+2].[Ca+2].[Ca+2]. The van der Waals surface area contributed by atoms with Crippen molar-refractivity contribution < 1.29 is 57.0 Å². The summed E-state index contributed by atoms with van der Waals surface area (Å²) in [7, 11) is -15.9. The average molecular weight is 410 g/mol. The summed E-state index contributed by atoms with van der Waals surface area (Å²) < 4.78 is 36.1. The first kappa shape index (κ1) is 37.9. The van der Waals surface area contributed by atoms with Crippen LogP contribution in [-0.4, -0.2) is 123 Å². The van der Waals surface area contributed by atoms with Gasteiger partial charge in [-0.25, -0.2) is 4.57 Å². The Bertz CT molecular complexity index is 214. The summed E-state index contributed by atoms with van der Waals surface area (Å²) >= 11 is 0. The van der Waals surface area contributed by atoms with Crippen LogP contribution in [0.3, 0.4) is 0 Å². The minimum Gasteiger partial charge on any atom is -0.822 e. The van der Waals surface area contributed by atoms with Gasteiger partial charge in [0.05, 0.1) is 0 Å². The number of rotatable bonds is 0. The number of phosphoric acid groups is 2. The Morgan fingerprint density at radius 3 is 0.667 bits per heavy atom. The maximum atomic E-state index is 10.4. The Morgan fingerprint density at radius 2 is 0.667 bits per heavy atom. The van der Waals surface area contributed by atoms with Gasteiger partial charge < -0.3 is 38.5 Å². The van der Waals surface area contributed by atoms with Crippen molar-refractivity contribution in [2.45, 2.75) is 0 Å². The van der Waals surface area contributed by atoms with E-state index in [-0.39, 0.29) is 113 Å². The first-order valence-corrected chi connectivity index (χ1v) is 6.64. The standard InChI is InChI=1S/3Ca.FH2O3P.2H3O4P/c;;;3*1-5(2,3)4/h;;;(H2,2,3,4);2*(H3,1,2,3,4)/q3*+2;;;/p-6. The van der Waals surface area contributed by atoms with Crippen molar-refractivity contribution >= 4 is 137 Å². The first-order chi connectivity index (χ1) is 6.00. The number of halogens is 1. The van der Waals surface area contributed by atoms with Crippen molar-refractivity contribution in [1.82, 2.24) is 0 Å². The van der Waals surface area contributed by atoms with Crippen molar-refractivity contribution in [3.63, 3.8) is 0 Å². The van der Waals surface area contributed by atoms with Crippen LogP contribution in [-0.2, 0) is 13.7 Å². The van der Waals surface area contributed by atoms with Crippen molar-refractivity contribution in [1.29, 1.82) is 0 Å². The zero-order valence-corrected chi connectivity index (χ0v) is 17.7. The summed E-state index contributed by atoms with van der Waals surface area (Å²) in [5.41, 5.74) is 0. The van der Waals surface area contributed by atoms with Gasteiger partial charge in [-0.05, 0) is 0 Å². The molecule has 0 bridgehead atoms. The molecule has 0 heterocycles. The van der Waals surface area contributed by atoms with Crippen LogP contribution in [0.4, 0.5) is 4.20 Å². The molecule has 0 saturated heterocycles. The summed E-state index contributed by atoms with van der Waals surface area (Å²) in [5, 5.41) is 0. The fourth-order valence-corrected chi connectivity index (χ4v) is 0. The Kier molecular flexibility index (Phi) is 36.8. The first-order valence-electron chi connectivity index (χ1n) is 2.21. The molecule has 18 heteroatoms. The molecule has 0 spiro atoms. The molecule has 0 aromatic carbocycles. The van der Waals surface area contributed by atoms with E-state index in [2.05, 4.69) is 0 Å². The van der Waals surface area contributed by atoms with E-state index in [0.29, 0.717) is 0 Å². The molecule has 0 saturated carbocycles. The van der Waals surface area contributed by atoms with E-state index in [1.54, 1.807) is 0 Å². The van der Waals surface area contributed by atoms with Crippen LogP contribution in [0.15, 0.2) is 0 Å². The van der Waals surface area contributed by atoms with E-state index >= 15 is 0 Å². The Labute approximate surface area is 190 Å². The van der Waals surface area contributed by atoms with E-state index in [0.717, 1.165) is 0 Å². The molecule has 2 N–H and O–H groups in total. The molecule has 0 aliphatic carbocycles. The van der Waals surface area contributed by atoms with Crippen molar-refractivity contribution in [3.8, 4) is 0 Å². The van der Waals surface area contributed by atoms with Crippen molar-refractivity contribution in [2.24, 2.45) is 0 Å². The van der Waals surface area contributed by atoms with E-state index in [4.69, 9.17) is 52.8 Å². The Hall–Kier alpha value is 4.08. The predicted molar refractivity (Wildman–Crippen MR) is 45.6 cm³/mol. The molecule has 0 atom stereocenters. The largest absolute Gasteiger partial charge is 2.00 e. The third kappa shape index (κ3) is 439. The minimum absolute atomic E-state index is 0. The fraction of sp³-hybridized carbons (Fsp3) is 0. The summed E-state index contributed by atoms with van der Waals surface area (Å²) in [6.45, 7) is 0. The summed E-state index contributed by atoms with van der Waals surface area (Å²) in [6.07, 6.45) is 0. The van der Waals surface area contributed by atoms with Gasteiger partial charge in [0.1, 0.15) is 0 Å². The van der Waals surface area contributed by atoms with E-state index in [1.807, 2.05) is 0 Å². The van der Waals surface area contributed by atoms with Crippen LogP contribution in [0.2, 0.25) is 0 Å². The monoisotopic (exact) mass is 410 g/mol. The predicted octanol–water partition coefficient (Wildman–Crippen LogP) is -6.74. The number of hydrogen-bond acceptors (Lipinski definition) is 9. The van der Waals surface area contributed by atoms with Gasteiger partial charge in [0, 0.05) is 0 Å². The molecule has 0 rings (SSSR count). The molecular formula is H2Ca3FO11P3. The van der Waals surface area contributed by atoms with Crippen LogP contribution in [0.25, 0.3) is 0 Å². The zero-order valence-electron chi connectivity index (χ0n) is 8.41. The number of hydrogen-bond donors (Lipinski definition) is 2. The molecule has 0 amide bonds. The van der Waals surface area contributed by atoms with Crippen LogP contribution in [0.5, 0.6) is 0 Å². The Morgan fingerprint density at radius 1 is 0.667 bits per heavy atom. The maximum Gasteiger partial charge on any atom is 2.00 e. The van der Waals surface area contributed by atoms with E-state index < -0.39 is 23.6 Å². The second-order valence-corrected chi connectivity index (χ2v) is 4.10. The van der Waals surface area contributed by atoms with Crippen LogP contribution >= 0.6 is 23.6 Å². The normalized spacial score (nSPS) is 9.83.